The van der Waals surface area contributed by atoms with E-state index in [4.69, 9.17) is 14.2 Å². The maximum atomic E-state index is 12.1. The van der Waals surface area contributed by atoms with Crippen LogP contribution in [0, 0.1) is 11.3 Å². The third kappa shape index (κ3) is 4.37. The van der Waals surface area contributed by atoms with Crippen molar-refractivity contribution in [3.05, 3.63) is 65.2 Å². The van der Waals surface area contributed by atoms with Gasteiger partial charge in [0.25, 0.3) is 0 Å². The first-order valence-electron chi connectivity index (χ1n) is 7.22. The van der Waals surface area contributed by atoms with Crippen molar-refractivity contribution in [1.82, 2.24) is 0 Å². The van der Waals surface area contributed by atoms with Crippen molar-refractivity contribution in [3.8, 4) is 17.6 Å². The van der Waals surface area contributed by atoms with Gasteiger partial charge in [-0.05, 0) is 29.3 Å². The predicted molar refractivity (Wildman–Crippen MR) is 89.4 cm³/mol. The summed E-state index contributed by atoms with van der Waals surface area (Å²) in [5.74, 6) is 0.414. The number of hydrogen-bond donors (Lipinski definition) is 0. The van der Waals surface area contributed by atoms with Crippen molar-refractivity contribution in [2.45, 2.75) is 6.61 Å². The summed E-state index contributed by atoms with van der Waals surface area (Å²) in [6, 6.07) is 16.3. The topological polar surface area (TPSA) is 68.5 Å². The van der Waals surface area contributed by atoms with Crippen LogP contribution >= 0.6 is 0 Å². The first kappa shape index (κ1) is 17.1. The van der Waals surface area contributed by atoms with Crippen LogP contribution in [0.5, 0.6) is 11.5 Å². The standard InChI is InChI=1S/C19H17NO4/c1-22-17-9-8-15(11-18(17)23-2)10-16(12-20)19(21)24-13-14-6-4-3-5-7-14/h3-11H,13H2,1-2H3/b16-10+. The normalized spacial score (nSPS) is 10.6. The van der Waals surface area contributed by atoms with Crippen LogP contribution in [-0.2, 0) is 16.1 Å². The highest BCUT2D eigenvalue weighted by Gasteiger charge is 2.12. The lowest BCUT2D eigenvalue weighted by Gasteiger charge is -2.08. The highest BCUT2D eigenvalue weighted by Crippen LogP contribution is 2.28. The molecule has 122 valence electrons. The predicted octanol–water partition coefficient (Wildman–Crippen LogP) is 3.35. The number of carbonyl (C=O) groups excluding carboxylic acids is 1. The quantitative estimate of drug-likeness (QED) is 0.463. The molecular formula is C19H17NO4. The van der Waals surface area contributed by atoms with E-state index >= 15 is 0 Å². The molecule has 0 unspecified atom stereocenters. The van der Waals surface area contributed by atoms with Crippen LogP contribution in [0.25, 0.3) is 6.08 Å². The number of rotatable bonds is 6. The lowest BCUT2D eigenvalue weighted by atomic mass is 10.1. The van der Waals surface area contributed by atoms with E-state index in [1.807, 2.05) is 36.4 Å². The number of esters is 1. The molecule has 0 atom stereocenters. The summed E-state index contributed by atoms with van der Waals surface area (Å²) >= 11 is 0. The van der Waals surface area contributed by atoms with E-state index in [-0.39, 0.29) is 12.2 Å². The summed E-state index contributed by atoms with van der Waals surface area (Å²) in [6.07, 6.45) is 1.45. The van der Waals surface area contributed by atoms with E-state index in [1.54, 1.807) is 18.2 Å². The Hall–Kier alpha value is -3.26. The zero-order chi connectivity index (χ0) is 17.4. The van der Waals surface area contributed by atoms with Gasteiger partial charge >= 0.3 is 5.97 Å². The molecule has 0 spiro atoms. The Morgan fingerprint density at radius 3 is 2.42 bits per heavy atom. The largest absolute Gasteiger partial charge is 0.493 e. The highest BCUT2D eigenvalue weighted by atomic mass is 16.5. The first-order valence-corrected chi connectivity index (χ1v) is 7.22. The zero-order valence-electron chi connectivity index (χ0n) is 13.5. The van der Waals surface area contributed by atoms with Crippen LogP contribution in [0.4, 0.5) is 0 Å². The molecule has 0 N–H and O–H groups in total. The van der Waals surface area contributed by atoms with Gasteiger partial charge in [0.15, 0.2) is 11.5 Å². The summed E-state index contributed by atoms with van der Waals surface area (Å²) in [6.45, 7) is 0.116. The summed E-state index contributed by atoms with van der Waals surface area (Å²) in [4.78, 5) is 12.1. The number of hydrogen-bond acceptors (Lipinski definition) is 5. The maximum Gasteiger partial charge on any atom is 0.349 e. The Bertz CT molecular complexity index is 776. The van der Waals surface area contributed by atoms with Crippen molar-refractivity contribution in [2.75, 3.05) is 14.2 Å². The van der Waals surface area contributed by atoms with Crippen LogP contribution in [0.2, 0.25) is 0 Å². The van der Waals surface area contributed by atoms with E-state index in [0.717, 1.165) is 5.56 Å². The number of methoxy groups -OCH3 is 2. The van der Waals surface area contributed by atoms with Gasteiger partial charge in [-0.1, -0.05) is 36.4 Å². The summed E-state index contributed by atoms with van der Waals surface area (Å²) < 4.78 is 15.5. The molecule has 0 heterocycles. The Balaban J connectivity index is 2.13. The van der Waals surface area contributed by atoms with Gasteiger partial charge in [-0.3, -0.25) is 0 Å². The Kier molecular flexibility index (Phi) is 5.98. The van der Waals surface area contributed by atoms with Crippen LogP contribution < -0.4 is 9.47 Å². The molecular weight excluding hydrogens is 306 g/mol. The van der Waals surface area contributed by atoms with E-state index in [1.165, 1.54) is 20.3 Å². The zero-order valence-corrected chi connectivity index (χ0v) is 13.5. The average molecular weight is 323 g/mol. The maximum absolute atomic E-state index is 12.1. The van der Waals surface area contributed by atoms with Crippen LogP contribution in [0.1, 0.15) is 11.1 Å². The third-order valence-corrected chi connectivity index (χ3v) is 3.27. The second-order valence-electron chi connectivity index (χ2n) is 4.85. The lowest BCUT2D eigenvalue weighted by Crippen LogP contribution is -2.06. The Morgan fingerprint density at radius 1 is 1.08 bits per heavy atom. The monoisotopic (exact) mass is 323 g/mol. The second kappa shape index (κ2) is 8.39. The van der Waals surface area contributed by atoms with Crippen LogP contribution in [0.3, 0.4) is 0 Å². The molecule has 5 nitrogen and oxygen atoms in total. The molecule has 0 radical (unpaired) electrons. The second-order valence-corrected chi connectivity index (χ2v) is 4.85. The van der Waals surface area contributed by atoms with Gasteiger partial charge in [0.1, 0.15) is 18.2 Å². The molecule has 0 aliphatic heterocycles. The molecule has 0 saturated carbocycles. The fourth-order valence-corrected chi connectivity index (χ4v) is 2.05. The Morgan fingerprint density at radius 2 is 1.79 bits per heavy atom. The third-order valence-electron chi connectivity index (χ3n) is 3.27. The summed E-state index contributed by atoms with van der Waals surface area (Å²) in [7, 11) is 3.06. The van der Waals surface area contributed by atoms with E-state index in [0.29, 0.717) is 17.1 Å². The van der Waals surface area contributed by atoms with Gasteiger partial charge < -0.3 is 14.2 Å². The molecule has 0 fully saturated rings. The minimum atomic E-state index is -0.670. The molecule has 0 aromatic heterocycles. The van der Waals surface area contributed by atoms with Gasteiger partial charge in [0.2, 0.25) is 0 Å². The molecule has 0 bridgehead atoms. The first-order chi connectivity index (χ1) is 11.7. The molecule has 2 aromatic carbocycles. The van der Waals surface area contributed by atoms with E-state index in [9.17, 15) is 10.1 Å². The van der Waals surface area contributed by atoms with Gasteiger partial charge in [0, 0.05) is 0 Å². The molecule has 0 saturated heterocycles. The van der Waals surface area contributed by atoms with Crippen molar-refractivity contribution >= 4 is 12.0 Å². The van der Waals surface area contributed by atoms with Crippen LogP contribution in [0.15, 0.2) is 54.1 Å². The number of carbonyl (C=O) groups is 1. The molecule has 2 rings (SSSR count). The molecule has 5 heteroatoms. The molecule has 24 heavy (non-hydrogen) atoms. The number of ether oxygens (including phenoxy) is 3. The summed E-state index contributed by atoms with van der Waals surface area (Å²) in [5, 5.41) is 9.21. The van der Waals surface area contributed by atoms with E-state index < -0.39 is 5.97 Å². The molecule has 2 aromatic rings. The average Bonchev–Trinajstić information content (AvgIpc) is 2.64. The van der Waals surface area contributed by atoms with Crippen molar-refractivity contribution in [2.24, 2.45) is 0 Å². The number of nitrogens with zero attached hydrogens (tertiary/aromatic N) is 1. The highest BCUT2D eigenvalue weighted by molar-refractivity contribution is 5.97. The number of benzene rings is 2. The fraction of sp³-hybridized carbons (Fsp3) is 0.158. The van der Waals surface area contributed by atoms with Gasteiger partial charge in [-0.15, -0.1) is 0 Å². The smallest absolute Gasteiger partial charge is 0.349 e. The molecule has 0 aliphatic carbocycles. The molecule has 0 amide bonds. The van der Waals surface area contributed by atoms with E-state index in [2.05, 4.69) is 0 Å². The fourth-order valence-electron chi connectivity index (χ4n) is 2.05. The van der Waals surface area contributed by atoms with Crippen molar-refractivity contribution in [3.63, 3.8) is 0 Å². The Labute approximate surface area is 140 Å². The van der Waals surface area contributed by atoms with Crippen molar-refractivity contribution < 1.29 is 19.0 Å². The SMILES string of the molecule is COc1ccc(/C=C(\C#N)C(=O)OCc2ccccc2)cc1OC. The summed E-state index contributed by atoms with van der Waals surface area (Å²) in [5.41, 5.74) is 1.41. The van der Waals surface area contributed by atoms with Gasteiger partial charge in [0.05, 0.1) is 14.2 Å². The minimum Gasteiger partial charge on any atom is -0.493 e. The number of nitriles is 1. The minimum absolute atomic E-state index is 0.0850. The van der Waals surface area contributed by atoms with Crippen molar-refractivity contribution in [1.29, 1.82) is 5.26 Å². The lowest BCUT2D eigenvalue weighted by molar-refractivity contribution is -0.139. The van der Waals surface area contributed by atoms with Gasteiger partial charge in [-0.2, -0.15) is 5.26 Å². The molecule has 0 aliphatic rings. The van der Waals surface area contributed by atoms with Crippen LogP contribution in [-0.4, -0.2) is 20.2 Å². The van der Waals surface area contributed by atoms with Gasteiger partial charge in [-0.25, -0.2) is 4.79 Å².